The van der Waals surface area contributed by atoms with E-state index in [0.717, 1.165) is 11.8 Å². The Balaban J connectivity index is 2.07. The molecule has 8 heteroatoms. The fourth-order valence-corrected chi connectivity index (χ4v) is 3.98. The summed E-state index contributed by atoms with van der Waals surface area (Å²) >= 11 is 3.32. The van der Waals surface area contributed by atoms with Crippen LogP contribution in [0.15, 0.2) is 12.7 Å². The van der Waals surface area contributed by atoms with E-state index in [1.165, 1.54) is 0 Å². The minimum absolute atomic E-state index is 0.125. The first kappa shape index (κ1) is 20.4. The highest BCUT2D eigenvalue weighted by molar-refractivity contribution is 14.1. The van der Waals surface area contributed by atoms with Gasteiger partial charge in [0.15, 0.2) is 11.6 Å². The molecule has 24 heavy (non-hydrogen) atoms. The molecule has 2 rings (SSSR count). The van der Waals surface area contributed by atoms with Crippen molar-refractivity contribution in [1.29, 1.82) is 0 Å². The lowest BCUT2D eigenvalue weighted by molar-refractivity contribution is -0.157. The zero-order valence-electron chi connectivity index (χ0n) is 14.5. The van der Waals surface area contributed by atoms with Crippen LogP contribution in [-0.2, 0) is 23.7 Å². The Bertz CT molecular complexity index is 469. The van der Waals surface area contributed by atoms with Crippen molar-refractivity contribution in [3.63, 3.8) is 0 Å². The van der Waals surface area contributed by atoms with Crippen molar-refractivity contribution in [1.82, 2.24) is 0 Å². The van der Waals surface area contributed by atoms with Crippen LogP contribution < -0.4 is 0 Å². The van der Waals surface area contributed by atoms with Gasteiger partial charge in [-0.25, -0.2) is 4.79 Å². The van der Waals surface area contributed by atoms with Gasteiger partial charge in [-0.05, 0) is 39.5 Å². The molecule has 0 aromatic heterocycles. The maximum Gasteiger partial charge on any atom is 0.368 e. The Kier molecular flexibility index (Phi) is 7.00. The predicted molar refractivity (Wildman–Crippen MR) is 101 cm³/mol. The molecule has 2 saturated heterocycles. The van der Waals surface area contributed by atoms with Crippen molar-refractivity contribution >= 4 is 39.7 Å². The molecule has 2 aliphatic rings. The van der Waals surface area contributed by atoms with Gasteiger partial charge in [-0.3, -0.25) is 0 Å². The van der Waals surface area contributed by atoms with Gasteiger partial charge in [-0.2, -0.15) is 0 Å². The average molecular weight is 472 g/mol. The third-order valence-corrected chi connectivity index (χ3v) is 5.89. The number of halogens is 1. The molecule has 2 heterocycles. The molecule has 0 unspecified atom stereocenters. The predicted octanol–water partition coefficient (Wildman–Crippen LogP) is 3.52. The molecule has 2 fully saturated rings. The summed E-state index contributed by atoms with van der Waals surface area (Å²) in [4.78, 5) is 12.1. The molecule has 0 amide bonds. The molecule has 0 N–H and O–H groups in total. The minimum Gasteiger partial charge on any atom is -0.450 e. The first-order chi connectivity index (χ1) is 11.1. The molecular formula is C16H25IO6S. The lowest BCUT2D eigenvalue weighted by Crippen LogP contribution is -2.46. The molecule has 0 aromatic rings. The summed E-state index contributed by atoms with van der Waals surface area (Å²) in [6, 6.07) is 0. The zero-order chi connectivity index (χ0) is 18.0. The standard InChI is InChI=1S/C16H25IO6S/c1-6-7-24-14(18)21-13(11-9-20-16(4,5)23-11)12(17)10-8-19-15(2,3)22-10/h6,10-13H,1,7-9H2,2-5H3/t10-,11+,12-,13+/m0/s1. The van der Waals surface area contributed by atoms with E-state index in [9.17, 15) is 4.79 Å². The fraction of sp³-hybridized carbons (Fsp3) is 0.812. The van der Waals surface area contributed by atoms with Crippen LogP contribution in [0.4, 0.5) is 4.79 Å². The maximum absolute atomic E-state index is 12.1. The normalized spacial score (nSPS) is 30.7. The summed E-state index contributed by atoms with van der Waals surface area (Å²) in [5, 5.41) is -0.354. The molecular weight excluding hydrogens is 447 g/mol. The number of hydrogen-bond acceptors (Lipinski definition) is 7. The second-order valence-electron chi connectivity index (χ2n) is 6.61. The SMILES string of the molecule is C=CCSC(=O)O[C@@H]([C@@H](I)[C@@H]1COC(C)(C)O1)[C@H]1COC(C)(C)O1. The van der Waals surface area contributed by atoms with Gasteiger partial charge in [0.2, 0.25) is 0 Å². The lowest BCUT2D eigenvalue weighted by atomic mass is 10.1. The Morgan fingerprint density at radius 3 is 2.25 bits per heavy atom. The number of carbonyl (C=O) groups excluding carboxylic acids is 1. The number of thioether (sulfide) groups is 1. The quantitative estimate of drug-likeness (QED) is 0.254. The van der Waals surface area contributed by atoms with Crippen LogP contribution in [0.3, 0.4) is 0 Å². The van der Waals surface area contributed by atoms with Crippen LogP contribution in [0.1, 0.15) is 27.7 Å². The maximum atomic E-state index is 12.1. The van der Waals surface area contributed by atoms with Gasteiger partial charge in [0.05, 0.1) is 23.2 Å². The highest BCUT2D eigenvalue weighted by atomic mass is 127. The van der Waals surface area contributed by atoms with Gasteiger partial charge in [-0.15, -0.1) is 6.58 Å². The van der Waals surface area contributed by atoms with Crippen molar-refractivity contribution < 1.29 is 28.5 Å². The number of alkyl halides is 1. The molecule has 0 radical (unpaired) electrons. The summed E-state index contributed by atoms with van der Waals surface area (Å²) in [6.45, 7) is 11.9. The van der Waals surface area contributed by atoms with E-state index in [4.69, 9.17) is 23.7 Å². The van der Waals surface area contributed by atoms with Gasteiger partial charge >= 0.3 is 5.30 Å². The Morgan fingerprint density at radius 1 is 1.25 bits per heavy atom. The monoisotopic (exact) mass is 472 g/mol. The van der Waals surface area contributed by atoms with Crippen LogP contribution in [0.2, 0.25) is 0 Å². The van der Waals surface area contributed by atoms with E-state index in [-0.39, 0.29) is 21.4 Å². The Hall–Kier alpha value is 0.130. The minimum atomic E-state index is -0.688. The summed E-state index contributed by atoms with van der Waals surface area (Å²) in [7, 11) is 0. The molecule has 0 aromatic carbocycles. The van der Waals surface area contributed by atoms with Gasteiger partial charge in [0.25, 0.3) is 0 Å². The smallest absolute Gasteiger partial charge is 0.368 e. The molecule has 138 valence electrons. The molecule has 6 nitrogen and oxygen atoms in total. The highest BCUT2D eigenvalue weighted by Crippen LogP contribution is 2.35. The number of hydrogen-bond donors (Lipinski definition) is 0. The fourth-order valence-electron chi connectivity index (χ4n) is 2.58. The number of carbonyl (C=O) groups is 1. The van der Waals surface area contributed by atoms with E-state index in [1.54, 1.807) is 6.08 Å². The van der Waals surface area contributed by atoms with Gasteiger partial charge in [-0.1, -0.05) is 28.7 Å². The van der Waals surface area contributed by atoms with Crippen molar-refractivity contribution in [3.05, 3.63) is 12.7 Å². The first-order valence-electron chi connectivity index (χ1n) is 7.85. The van der Waals surface area contributed by atoms with Crippen LogP contribution >= 0.6 is 34.4 Å². The van der Waals surface area contributed by atoms with Crippen LogP contribution in [0.25, 0.3) is 0 Å². The molecule has 0 spiro atoms. The molecule has 0 saturated carbocycles. The number of ether oxygens (including phenoxy) is 5. The topological polar surface area (TPSA) is 63.2 Å². The third-order valence-electron chi connectivity index (χ3n) is 3.65. The van der Waals surface area contributed by atoms with E-state index in [0.29, 0.717) is 19.0 Å². The summed E-state index contributed by atoms with van der Waals surface area (Å²) in [5.74, 6) is -0.820. The summed E-state index contributed by atoms with van der Waals surface area (Å²) < 4.78 is 28.7. The van der Waals surface area contributed by atoms with Crippen LogP contribution in [0.5, 0.6) is 0 Å². The lowest BCUT2D eigenvalue weighted by Gasteiger charge is -2.30. The molecule has 0 bridgehead atoms. The molecule has 2 aliphatic heterocycles. The van der Waals surface area contributed by atoms with E-state index in [1.807, 2.05) is 27.7 Å². The summed E-state index contributed by atoms with van der Waals surface area (Å²) in [6.07, 6.45) is 0.648. The van der Waals surface area contributed by atoms with Crippen LogP contribution in [0, 0.1) is 0 Å². The van der Waals surface area contributed by atoms with Crippen molar-refractivity contribution in [2.24, 2.45) is 0 Å². The van der Waals surface area contributed by atoms with Gasteiger partial charge in [0.1, 0.15) is 12.2 Å². The second-order valence-corrected chi connectivity index (χ2v) is 9.00. The zero-order valence-corrected chi connectivity index (χ0v) is 17.4. The summed E-state index contributed by atoms with van der Waals surface area (Å²) in [5.41, 5.74) is 0. The van der Waals surface area contributed by atoms with Crippen molar-refractivity contribution in [3.8, 4) is 0 Å². The van der Waals surface area contributed by atoms with Crippen LogP contribution in [-0.4, -0.2) is 58.1 Å². The third kappa shape index (κ3) is 5.57. The molecule has 4 atom stereocenters. The van der Waals surface area contributed by atoms with E-state index >= 15 is 0 Å². The Morgan fingerprint density at radius 2 is 1.79 bits per heavy atom. The second kappa shape index (κ2) is 8.22. The van der Waals surface area contributed by atoms with Gasteiger partial charge < -0.3 is 23.7 Å². The highest BCUT2D eigenvalue weighted by Gasteiger charge is 2.47. The van der Waals surface area contributed by atoms with Crippen molar-refractivity contribution in [2.45, 2.75) is 61.5 Å². The Labute approximate surface area is 161 Å². The van der Waals surface area contributed by atoms with E-state index < -0.39 is 17.7 Å². The number of rotatable bonds is 6. The van der Waals surface area contributed by atoms with Gasteiger partial charge in [0, 0.05) is 5.75 Å². The largest absolute Gasteiger partial charge is 0.450 e. The molecule has 0 aliphatic carbocycles. The van der Waals surface area contributed by atoms with E-state index in [2.05, 4.69) is 29.2 Å². The average Bonchev–Trinajstić information content (AvgIpc) is 3.03. The van der Waals surface area contributed by atoms with Crippen molar-refractivity contribution in [2.75, 3.05) is 19.0 Å². The first-order valence-corrected chi connectivity index (χ1v) is 10.1.